The van der Waals surface area contributed by atoms with Gasteiger partial charge in [-0.3, -0.25) is 0 Å². The number of benzene rings is 2. The topological polar surface area (TPSA) is 20.2 Å². The molecule has 0 heterocycles. The van der Waals surface area contributed by atoms with Gasteiger partial charge in [0.25, 0.3) is 0 Å². The van der Waals surface area contributed by atoms with E-state index in [9.17, 15) is 18.3 Å². The molecule has 2 aromatic carbocycles. The van der Waals surface area contributed by atoms with Gasteiger partial charge in [-0.1, -0.05) is 49.4 Å². The van der Waals surface area contributed by atoms with Gasteiger partial charge in [0.15, 0.2) is 6.10 Å². The van der Waals surface area contributed by atoms with E-state index in [1.54, 1.807) is 0 Å². The van der Waals surface area contributed by atoms with Crippen LogP contribution in [0.25, 0.3) is 10.8 Å². The van der Waals surface area contributed by atoms with Crippen molar-refractivity contribution in [2.24, 2.45) is 5.92 Å². The molecule has 0 aliphatic rings. The normalized spacial score (nSPS) is 15.4. The molecule has 19 heavy (non-hydrogen) atoms. The third-order valence-corrected chi connectivity index (χ3v) is 3.25. The summed E-state index contributed by atoms with van der Waals surface area (Å²) >= 11 is 0. The Kier molecular flexibility index (Phi) is 3.80. The standard InChI is InChI=1S/C15H15F3O/c1-10(14(19)15(16,17)18)8-11-6-7-12-4-2-3-5-13(12)9-11/h2-7,9-10,14,19H,8H2,1H3/t10-,14-/m0/s1. The van der Waals surface area contributed by atoms with Crippen molar-refractivity contribution in [2.75, 3.05) is 0 Å². The lowest BCUT2D eigenvalue weighted by Gasteiger charge is -2.21. The van der Waals surface area contributed by atoms with Gasteiger partial charge in [0, 0.05) is 0 Å². The highest BCUT2D eigenvalue weighted by Crippen LogP contribution is 2.28. The number of fused-ring (bicyclic) bond motifs is 1. The Balaban J connectivity index is 2.17. The first-order chi connectivity index (χ1) is 8.88. The number of hydrogen-bond donors (Lipinski definition) is 1. The van der Waals surface area contributed by atoms with Gasteiger partial charge < -0.3 is 5.11 Å². The number of aliphatic hydroxyl groups is 1. The van der Waals surface area contributed by atoms with Crippen molar-refractivity contribution in [1.82, 2.24) is 0 Å². The zero-order valence-corrected chi connectivity index (χ0v) is 10.5. The second-order valence-electron chi connectivity index (χ2n) is 4.85. The molecule has 0 amide bonds. The zero-order valence-electron chi connectivity index (χ0n) is 10.5. The third-order valence-electron chi connectivity index (χ3n) is 3.25. The molecule has 2 rings (SSSR count). The summed E-state index contributed by atoms with van der Waals surface area (Å²) in [4.78, 5) is 0. The first-order valence-electron chi connectivity index (χ1n) is 6.10. The molecule has 0 saturated heterocycles. The summed E-state index contributed by atoms with van der Waals surface area (Å²) in [6.07, 6.45) is -6.64. The minimum atomic E-state index is -4.56. The van der Waals surface area contributed by atoms with Gasteiger partial charge in [-0.2, -0.15) is 13.2 Å². The molecule has 102 valence electrons. The smallest absolute Gasteiger partial charge is 0.383 e. The molecule has 0 aliphatic carbocycles. The monoisotopic (exact) mass is 268 g/mol. The van der Waals surface area contributed by atoms with Crippen molar-refractivity contribution in [3.63, 3.8) is 0 Å². The van der Waals surface area contributed by atoms with Crippen LogP contribution >= 0.6 is 0 Å². The fourth-order valence-electron chi connectivity index (χ4n) is 2.17. The van der Waals surface area contributed by atoms with Crippen molar-refractivity contribution < 1.29 is 18.3 Å². The maximum atomic E-state index is 12.4. The first-order valence-corrected chi connectivity index (χ1v) is 6.10. The van der Waals surface area contributed by atoms with Crippen LogP contribution in [0.15, 0.2) is 42.5 Å². The van der Waals surface area contributed by atoms with E-state index in [4.69, 9.17) is 0 Å². The molecule has 2 aromatic rings. The predicted octanol–water partition coefficient (Wildman–Crippen LogP) is 3.94. The number of halogens is 3. The van der Waals surface area contributed by atoms with Crippen LogP contribution in [0.4, 0.5) is 13.2 Å². The van der Waals surface area contributed by atoms with Gasteiger partial charge in [0.05, 0.1) is 0 Å². The molecule has 1 nitrogen and oxygen atoms in total. The number of alkyl halides is 3. The largest absolute Gasteiger partial charge is 0.414 e. The molecule has 0 aromatic heterocycles. The highest BCUT2D eigenvalue weighted by atomic mass is 19.4. The predicted molar refractivity (Wildman–Crippen MR) is 68.9 cm³/mol. The lowest BCUT2D eigenvalue weighted by atomic mass is 9.94. The van der Waals surface area contributed by atoms with E-state index in [1.807, 2.05) is 42.5 Å². The van der Waals surface area contributed by atoms with Gasteiger partial charge in [-0.05, 0) is 28.7 Å². The maximum Gasteiger partial charge on any atom is 0.414 e. The Morgan fingerprint density at radius 2 is 1.68 bits per heavy atom. The van der Waals surface area contributed by atoms with E-state index in [-0.39, 0.29) is 6.42 Å². The van der Waals surface area contributed by atoms with Crippen molar-refractivity contribution >= 4 is 10.8 Å². The summed E-state index contributed by atoms with van der Waals surface area (Å²) in [6, 6.07) is 13.2. The summed E-state index contributed by atoms with van der Waals surface area (Å²) in [5.74, 6) is -0.860. The van der Waals surface area contributed by atoms with Crippen LogP contribution in [0.1, 0.15) is 12.5 Å². The quantitative estimate of drug-likeness (QED) is 0.894. The fraction of sp³-hybridized carbons (Fsp3) is 0.333. The molecule has 0 unspecified atom stereocenters. The van der Waals surface area contributed by atoms with Gasteiger partial charge in [0.1, 0.15) is 0 Å². The van der Waals surface area contributed by atoms with E-state index in [2.05, 4.69) is 0 Å². The Morgan fingerprint density at radius 3 is 2.32 bits per heavy atom. The number of aliphatic hydroxyl groups excluding tert-OH is 1. The Morgan fingerprint density at radius 1 is 1.05 bits per heavy atom. The minimum Gasteiger partial charge on any atom is -0.383 e. The highest BCUT2D eigenvalue weighted by molar-refractivity contribution is 5.82. The zero-order chi connectivity index (χ0) is 14.0. The molecule has 0 spiro atoms. The van der Waals surface area contributed by atoms with Gasteiger partial charge in [0.2, 0.25) is 0 Å². The molecule has 0 bridgehead atoms. The third kappa shape index (κ3) is 3.26. The van der Waals surface area contributed by atoms with E-state index in [0.29, 0.717) is 0 Å². The molecule has 0 fully saturated rings. The van der Waals surface area contributed by atoms with Crippen molar-refractivity contribution in [3.05, 3.63) is 48.0 Å². The average molecular weight is 268 g/mol. The summed E-state index contributed by atoms with van der Waals surface area (Å²) in [7, 11) is 0. The maximum absolute atomic E-state index is 12.4. The van der Waals surface area contributed by atoms with Crippen LogP contribution in [-0.4, -0.2) is 17.4 Å². The van der Waals surface area contributed by atoms with Gasteiger partial charge in [-0.15, -0.1) is 0 Å². The second kappa shape index (κ2) is 5.21. The fourth-order valence-corrected chi connectivity index (χ4v) is 2.17. The van der Waals surface area contributed by atoms with Crippen LogP contribution in [0.5, 0.6) is 0 Å². The van der Waals surface area contributed by atoms with Crippen molar-refractivity contribution in [1.29, 1.82) is 0 Å². The van der Waals surface area contributed by atoms with Crippen LogP contribution < -0.4 is 0 Å². The molecule has 0 saturated carbocycles. The van der Waals surface area contributed by atoms with Crippen LogP contribution in [0.2, 0.25) is 0 Å². The average Bonchev–Trinajstić information content (AvgIpc) is 2.36. The van der Waals surface area contributed by atoms with Gasteiger partial charge in [-0.25, -0.2) is 0 Å². The van der Waals surface area contributed by atoms with E-state index >= 15 is 0 Å². The summed E-state index contributed by atoms with van der Waals surface area (Å²) in [5, 5.41) is 11.2. The summed E-state index contributed by atoms with van der Waals surface area (Å²) < 4.78 is 37.2. The molecule has 2 atom stereocenters. The lowest BCUT2D eigenvalue weighted by molar-refractivity contribution is -0.217. The summed E-state index contributed by atoms with van der Waals surface area (Å²) in [6.45, 7) is 1.41. The van der Waals surface area contributed by atoms with E-state index < -0.39 is 18.2 Å². The molecular weight excluding hydrogens is 253 g/mol. The second-order valence-corrected chi connectivity index (χ2v) is 4.85. The SMILES string of the molecule is C[C@@H](Cc1ccc2ccccc2c1)[C@H](O)C(F)(F)F. The minimum absolute atomic E-state index is 0.200. The Hall–Kier alpha value is -1.55. The van der Waals surface area contributed by atoms with Gasteiger partial charge >= 0.3 is 6.18 Å². The van der Waals surface area contributed by atoms with Crippen molar-refractivity contribution in [2.45, 2.75) is 25.6 Å². The number of rotatable bonds is 3. The lowest BCUT2D eigenvalue weighted by Crippen LogP contribution is -2.35. The summed E-state index contributed by atoms with van der Waals surface area (Å²) in [5.41, 5.74) is 0.800. The first kappa shape index (κ1) is 13.9. The van der Waals surface area contributed by atoms with Crippen LogP contribution in [-0.2, 0) is 6.42 Å². The highest BCUT2D eigenvalue weighted by Gasteiger charge is 2.41. The Bertz CT molecular complexity index is 563. The van der Waals surface area contributed by atoms with Crippen LogP contribution in [0, 0.1) is 5.92 Å². The Labute approximate surface area is 109 Å². The van der Waals surface area contributed by atoms with Crippen LogP contribution in [0.3, 0.4) is 0 Å². The molecule has 1 N–H and O–H groups in total. The molecule has 0 radical (unpaired) electrons. The molecule has 0 aliphatic heterocycles. The van der Waals surface area contributed by atoms with E-state index in [1.165, 1.54) is 6.92 Å². The molecular formula is C15H15F3O. The van der Waals surface area contributed by atoms with E-state index in [0.717, 1.165) is 16.3 Å². The number of hydrogen-bond acceptors (Lipinski definition) is 1. The molecule has 4 heteroatoms. The van der Waals surface area contributed by atoms with Crippen molar-refractivity contribution in [3.8, 4) is 0 Å².